The zero-order valence-corrected chi connectivity index (χ0v) is 18.6. The number of primary amides is 1. The van der Waals surface area contributed by atoms with Crippen molar-refractivity contribution < 1.29 is 44.1 Å². The maximum Gasteiger partial charge on any atom is 0.326 e. The maximum atomic E-state index is 12.7. The molecule has 4 amide bonds. The molecule has 0 saturated carbocycles. The molecule has 0 aromatic carbocycles. The third-order valence-corrected chi connectivity index (χ3v) is 4.91. The van der Waals surface area contributed by atoms with E-state index in [4.69, 9.17) is 16.6 Å². The van der Waals surface area contributed by atoms with E-state index < -0.39 is 78.7 Å². The molecule has 5 unspecified atom stereocenters. The average molecular weight is 475 g/mol. The van der Waals surface area contributed by atoms with Crippen LogP contribution in [0.5, 0.6) is 0 Å². The van der Waals surface area contributed by atoms with E-state index in [2.05, 4.69) is 16.0 Å². The first-order valence-corrected chi connectivity index (χ1v) is 10.3. The van der Waals surface area contributed by atoms with E-state index in [9.17, 15) is 39.0 Å². The van der Waals surface area contributed by atoms with E-state index in [-0.39, 0.29) is 19.3 Å². The highest BCUT2D eigenvalue weighted by Gasteiger charge is 2.32. The van der Waals surface area contributed by atoms with Crippen molar-refractivity contribution in [3.05, 3.63) is 0 Å². The highest BCUT2D eigenvalue weighted by molar-refractivity contribution is 5.94. The number of hydrogen-bond acceptors (Lipinski definition) is 8. The third-order valence-electron chi connectivity index (χ3n) is 4.91. The molecule has 0 fully saturated rings. The lowest BCUT2D eigenvalue weighted by atomic mass is 9.97. The Hall–Kier alpha value is -3.26. The van der Waals surface area contributed by atoms with E-state index in [1.165, 1.54) is 0 Å². The quantitative estimate of drug-likeness (QED) is 0.112. The van der Waals surface area contributed by atoms with Gasteiger partial charge in [0.1, 0.15) is 18.1 Å². The summed E-state index contributed by atoms with van der Waals surface area (Å²) in [5.41, 5.74) is 10.6. The van der Waals surface area contributed by atoms with E-state index >= 15 is 0 Å². The van der Waals surface area contributed by atoms with Crippen LogP contribution in [0.1, 0.15) is 46.0 Å². The van der Waals surface area contributed by atoms with Crippen LogP contribution in [-0.2, 0) is 28.8 Å². The van der Waals surface area contributed by atoms with Crippen molar-refractivity contribution in [2.75, 3.05) is 6.61 Å². The van der Waals surface area contributed by atoms with Gasteiger partial charge >= 0.3 is 11.9 Å². The van der Waals surface area contributed by atoms with Crippen LogP contribution in [0.25, 0.3) is 0 Å². The van der Waals surface area contributed by atoms with Gasteiger partial charge in [0.15, 0.2) is 0 Å². The van der Waals surface area contributed by atoms with Gasteiger partial charge in [0.05, 0.1) is 12.6 Å². The first-order valence-electron chi connectivity index (χ1n) is 10.3. The number of carbonyl (C=O) groups is 6. The van der Waals surface area contributed by atoms with Crippen molar-refractivity contribution in [1.29, 1.82) is 0 Å². The molecule has 0 aromatic rings. The third kappa shape index (κ3) is 11.2. The molecule has 14 nitrogen and oxygen atoms in total. The second-order valence-electron chi connectivity index (χ2n) is 7.56. The fraction of sp³-hybridized carbons (Fsp3) is 0.684. The van der Waals surface area contributed by atoms with Crippen LogP contribution in [0.4, 0.5) is 0 Å². The Kier molecular flexibility index (Phi) is 13.3. The van der Waals surface area contributed by atoms with Crippen molar-refractivity contribution in [3.63, 3.8) is 0 Å². The lowest BCUT2D eigenvalue weighted by Crippen LogP contribution is -2.59. The summed E-state index contributed by atoms with van der Waals surface area (Å²) in [6.45, 7) is 2.51. The number of carboxylic acid groups (broad SMARTS) is 2. The number of carboxylic acids is 2. The zero-order valence-electron chi connectivity index (χ0n) is 18.6. The lowest BCUT2D eigenvalue weighted by molar-refractivity contribution is -0.143. The predicted octanol–water partition coefficient (Wildman–Crippen LogP) is -2.98. The Morgan fingerprint density at radius 2 is 1.42 bits per heavy atom. The van der Waals surface area contributed by atoms with Gasteiger partial charge in [-0.1, -0.05) is 20.3 Å². The molecule has 14 heteroatoms. The highest BCUT2D eigenvalue weighted by Crippen LogP contribution is 2.10. The molecule has 0 aromatic heterocycles. The van der Waals surface area contributed by atoms with E-state index in [1.54, 1.807) is 13.8 Å². The lowest BCUT2D eigenvalue weighted by Gasteiger charge is -2.27. The van der Waals surface area contributed by atoms with Crippen molar-refractivity contribution in [3.8, 4) is 0 Å². The number of rotatable bonds is 16. The Labute approximate surface area is 190 Å². The van der Waals surface area contributed by atoms with Gasteiger partial charge in [-0.3, -0.25) is 24.0 Å². The number of nitrogens with one attached hydrogen (secondary N) is 3. The number of aliphatic carboxylic acids is 2. The van der Waals surface area contributed by atoms with E-state index in [0.29, 0.717) is 6.42 Å². The number of amides is 4. The molecule has 0 aliphatic carbocycles. The average Bonchev–Trinajstić information content (AvgIpc) is 2.75. The van der Waals surface area contributed by atoms with Gasteiger partial charge < -0.3 is 42.7 Å². The summed E-state index contributed by atoms with van der Waals surface area (Å²) < 4.78 is 0. The second-order valence-corrected chi connectivity index (χ2v) is 7.56. The molecule has 33 heavy (non-hydrogen) atoms. The summed E-state index contributed by atoms with van der Waals surface area (Å²) in [5.74, 6) is -6.44. The minimum absolute atomic E-state index is 0.0776. The van der Waals surface area contributed by atoms with Gasteiger partial charge in [0.2, 0.25) is 23.6 Å². The Bertz CT molecular complexity index is 730. The summed E-state index contributed by atoms with van der Waals surface area (Å²) in [4.78, 5) is 70.3. The van der Waals surface area contributed by atoms with Gasteiger partial charge in [-0.2, -0.15) is 0 Å². The molecule has 0 saturated heterocycles. The summed E-state index contributed by atoms with van der Waals surface area (Å²) in [7, 11) is 0. The second kappa shape index (κ2) is 14.7. The Balaban J connectivity index is 5.29. The monoisotopic (exact) mass is 475 g/mol. The maximum absolute atomic E-state index is 12.7. The summed E-state index contributed by atoms with van der Waals surface area (Å²) in [6, 6.07) is -5.37. The molecule has 0 bridgehead atoms. The predicted molar refractivity (Wildman–Crippen MR) is 113 cm³/mol. The molecule has 0 spiro atoms. The molecule has 0 radical (unpaired) electrons. The minimum atomic E-state index is -1.49. The van der Waals surface area contributed by atoms with Crippen molar-refractivity contribution >= 4 is 35.6 Å². The van der Waals surface area contributed by atoms with Crippen molar-refractivity contribution in [2.24, 2.45) is 17.4 Å². The number of carbonyl (C=O) groups excluding carboxylic acids is 4. The Morgan fingerprint density at radius 1 is 0.848 bits per heavy atom. The SMILES string of the molecule is CCC(C)C(NC(=O)C(CO)NC(=O)C(N)CCC(N)=O)C(=O)NC(CCC(=O)O)C(=O)O. The Morgan fingerprint density at radius 3 is 1.88 bits per heavy atom. The molecule has 0 rings (SSSR count). The minimum Gasteiger partial charge on any atom is -0.481 e. The van der Waals surface area contributed by atoms with Gasteiger partial charge in [0.25, 0.3) is 0 Å². The first-order chi connectivity index (χ1) is 15.3. The molecule has 0 aliphatic heterocycles. The fourth-order valence-corrected chi connectivity index (χ4v) is 2.64. The molecular formula is C19H33N5O9. The number of nitrogens with two attached hydrogens (primary N) is 2. The van der Waals surface area contributed by atoms with Gasteiger partial charge in [-0.05, 0) is 18.8 Å². The molecule has 0 heterocycles. The number of hydrogen-bond donors (Lipinski definition) is 8. The highest BCUT2D eigenvalue weighted by atomic mass is 16.4. The fourth-order valence-electron chi connectivity index (χ4n) is 2.64. The van der Waals surface area contributed by atoms with Crippen LogP contribution in [0.3, 0.4) is 0 Å². The van der Waals surface area contributed by atoms with Crippen LogP contribution >= 0.6 is 0 Å². The first kappa shape index (κ1) is 29.7. The van der Waals surface area contributed by atoms with Gasteiger partial charge in [0, 0.05) is 12.8 Å². The standard InChI is InChI=1S/C19H33N5O9/c1-3-9(2)15(18(31)22-11(19(32)33)5-7-14(27)28)24-17(30)12(8-25)23-16(29)10(20)4-6-13(21)26/h9-12,15,25H,3-8,20H2,1-2H3,(H2,21,26)(H,22,31)(H,23,29)(H,24,30)(H,27,28)(H,32,33). The van der Waals surface area contributed by atoms with Gasteiger partial charge in [-0.15, -0.1) is 0 Å². The van der Waals surface area contributed by atoms with Gasteiger partial charge in [-0.25, -0.2) is 4.79 Å². The topological polar surface area (TPSA) is 251 Å². The summed E-state index contributed by atoms with van der Waals surface area (Å²) in [5, 5.41) is 34.3. The molecule has 0 aliphatic rings. The zero-order chi connectivity index (χ0) is 25.7. The van der Waals surface area contributed by atoms with Crippen LogP contribution in [0.2, 0.25) is 0 Å². The molecule has 5 atom stereocenters. The molecule has 10 N–H and O–H groups in total. The van der Waals surface area contributed by atoms with Crippen LogP contribution in [0, 0.1) is 5.92 Å². The van der Waals surface area contributed by atoms with Crippen LogP contribution in [0.15, 0.2) is 0 Å². The van der Waals surface area contributed by atoms with E-state index in [1.807, 2.05) is 0 Å². The van der Waals surface area contributed by atoms with Crippen LogP contribution < -0.4 is 27.4 Å². The van der Waals surface area contributed by atoms with Crippen LogP contribution in [-0.4, -0.2) is 81.7 Å². The molecule has 188 valence electrons. The molecular weight excluding hydrogens is 442 g/mol. The summed E-state index contributed by atoms with van der Waals surface area (Å²) >= 11 is 0. The normalized spacial score (nSPS) is 15.3. The smallest absolute Gasteiger partial charge is 0.326 e. The number of aliphatic hydroxyl groups is 1. The summed E-state index contributed by atoms with van der Waals surface area (Å²) in [6.07, 6.45) is -0.694. The van der Waals surface area contributed by atoms with Crippen molar-refractivity contribution in [1.82, 2.24) is 16.0 Å². The number of aliphatic hydroxyl groups excluding tert-OH is 1. The van der Waals surface area contributed by atoms with E-state index in [0.717, 1.165) is 0 Å². The largest absolute Gasteiger partial charge is 0.481 e. The van der Waals surface area contributed by atoms with Crippen molar-refractivity contribution in [2.45, 2.75) is 70.1 Å².